The summed E-state index contributed by atoms with van der Waals surface area (Å²) in [4.78, 5) is 2.65. The molecule has 1 aromatic heterocycles. The fraction of sp³-hybridized carbons (Fsp3) is 0.333. The van der Waals surface area contributed by atoms with Crippen molar-refractivity contribution in [2.45, 2.75) is 33.2 Å². The normalized spacial score (nSPS) is 10.8. The van der Waals surface area contributed by atoms with E-state index in [1.54, 1.807) is 0 Å². The van der Waals surface area contributed by atoms with Crippen LogP contribution in [0.25, 0.3) is 10.4 Å². The molecule has 2 N–H and O–H groups in total. The number of hydrogen-bond donors (Lipinski definition) is 1. The second-order valence-corrected chi connectivity index (χ2v) is 5.47. The fourth-order valence-electron chi connectivity index (χ4n) is 2.15. The molecular weight excluding hydrogens is 226 g/mol. The molecule has 2 rings (SSSR count). The Balaban J connectivity index is 2.47. The van der Waals surface area contributed by atoms with E-state index in [9.17, 15) is 0 Å². The molecule has 2 aromatic rings. The smallest absolute Gasteiger partial charge is 0.0378 e. The molecule has 2 heteroatoms. The standard InChI is InChI=1S/C15H19NS/c1-3-6-12-7-4-5-8-14(12)15-11(2)9-13(10-16)17-15/h4-5,7-9H,3,6,10,16H2,1-2H3. The zero-order valence-corrected chi connectivity index (χ0v) is 11.3. The van der Waals surface area contributed by atoms with Gasteiger partial charge in [-0.05, 0) is 36.1 Å². The Hall–Kier alpha value is -1.12. The Morgan fingerprint density at radius 2 is 2.00 bits per heavy atom. The van der Waals surface area contributed by atoms with Gasteiger partial charge in [-0.15, -0.1) is 11.3 Å². The molecule has 1 aromatic carbocycles. The largest absolute Gasteiger partial charge is 0.326 e. The first-order valence-electron chi connectivity index (χ1n) is 6.14. The second-order valence-electron chi connectivity index (χ2n) is 4.34. The van der Waals surface area contributed by atoms with Crippen LogP contribution in [-0.4, -0.2) is 0 Å². The van der Waals surface area contributed by atoms with E-state index < -0.39 is 0 Å². The summed E-state index contributed by atoms with van der Waals surface area (Å²) in [6, 6.07) is 10.9. The lowest BCUT2D eigenvalue weighted by Crippen LogP contribution is -1.91. The average Bonchev–Trinajstić information content (AvgIpc) is 2.72. The SMILES string of the molecule is CCCc1ccccc1-c1sc(CN)cc1C. The number of nitrogens with two attached hydrogens (primary N) is 1. The molecule has 0 fully saturated rings. The van der Waals surface area contributed by atoms with Gasteiger partial charge in [0.15, 0.2) is 0 Å². The van der Waals surface area contributed by atoms with E-state index in [4.69, 9.17) is 5.73 Å². The van der Waals surface area contributed by atoms with E-state index >= 15 is 0 Å². The number of rotatable bonds is 4. The van der Waals surface area contributed by atoms with Crippen molar-refractivity contribution in [3.05, 3.63) is 46.3 Å². The van der Waals surface area contributed by atoms with Gasteiger partial charge in [0.25, 0.3) is 0 Å². The van der Waals surface area contributed by atoms with E-state index in [0.717, 1.165) is 6.42 Å². The van der Waals surface area contributed by atoms with Crippen LogP contribution in [0.2, 0.25) is 0 Å². The third kappa shape index (κ3) is 2.59. The minimum absolute atomic E-state index is 0.640. The number of benzene rings is 1. The monoisotopic (exact) mass is 245 g/mol. The second kappa shape index (κ2) is 5.48. The lowest BCUT2D eigenvalue weighted by molar-refractivity contribution is 0.924. The maximum atomic E-state index is 5.72. The summed E-state index contributed by atoms with van der Waals surface area (Å²) in [6.45, 7) is 5.04. The van der Waals surface area contributed by atoms with Crippen LogP contribution >= 0.6 is 11.3 Å². The van der Waals surface area contributed by atoms with Gasteiger partial charge in [-0.3, -0.25) is 0 Å². The first kappa shape index (κ1) is 12.3. The van der Waals surface area contributed by atoms with Crippen LogP contribution in [0.3, 0.4) is 0 Å². The minimum atomic E-state index is 0.640. The van der Waals surface area contributed by atoms with Gasteiger partial charge in [-0.2, -0.15) is 0 Å². The Morgan fingerprint density at radius 3 is 2.65 bits per heavy atom. The van der Waals surface area contributed by atoms with Crippen molar-refractivity contribution in [2.24, 2.45) is 5.73 Å². The van der Waals surface area contributed by atoms with E-state index in [1.165, 1.54) is 32.9 Å². The van der Waals surface area contributed by atoms with Crippen LogP contribution in [0.15, 0.2) is 30.3 Å². The van der Waals surface area contributed by atoms with Gasteiger partial charge in [0.1, 0.15) is 0 Å². The summed E-state index contributed by atoms with van der Waals surface area (Å²) in [5.41, 5.74) is 9.90. The van der Waals surface area contributed by atoms with E-state index in [-0.39, 0.29) is 0 Å². The molecule has 1 heterocycles. The number of hydrogen-bond acceptors (Lipinski definition) is 2. The van der Waals surface area contributed by atoms with Gasteiger partial charge < -0.3 is 5.73 Å². The summed E-state index contributed by atoms with van der Waals surface area (Å²) >= 11 is 1.83. The van der Waals surface area contributed by atoms with Gasteiger partial charge in [0.2, 0.25) is 0 Å². The third-order valence-corrected chi connectivity index (χ3v) is 4.24. The number of aryl methyl sites for hydroxylation is 2. The molecule has 90 valence electrons. The predicted octanol–water partition coefficient (Wildman–Crippen LogP) is 4.13. The van der Waals surface area contributed by atoms with Crippen molar-refractivity contribution < 1.29 is 0 Å². The molecule has 17 heavy (non-hydrogen) atoms. The third-order valence-electron chi connectivity index (χ3n) is 2.95. The molecule has 0 saturated heterocycles. The van der Waals surface area contributed by atoms with Crippen molar-refractivity contribution >= 4 is 11.3 Å². The van der Waals surface area contributed by atoms with Crippen molar-refractivity contribution in [1.29, 1.82) is 0 Å². The highest BCUT2D eigenvalue weighted by Crippen LogP contribution is 2.34. The highest BCUT2D eigenvalue weighted by atomic mass is 32.1. The van der Waals surface area contributed by atoms with E-state index in [0.29, 0.717) is 6.54 Å². The van der Waals surface area contributed by atoms with Gasteiger partial charge in [0.05, 0.1) is 0 Å². The molecule has 0 radical (unpaired) electrons. The summed E-state index contributed by atoms with van der Waals surface area (Å²) in [7, 11) is 0. The number of thiophene rings is 1. The summed E-state index contributed by atoms with van der Waals surface area (Å²) in [5, 5.41) is 0. The Kier molecular flexibility index (Phi) is 3.97. The molecule has 0 saturated carbocycles. The Labute approximate surface area is 107 Å². The molecule has 0 spiro atoms. The quantitative estimate of drug-likeness (QED) is 0.861. The molecule has 1 nitrogen and oxygen atoms in total. The van der Waals surface area contributed by atoms with Gasteiger partial charge >= 0.3 is 0 Å². The zero-order chi connectivity index (χ0) is 12.3. The lowest BCUT2D eigenvalue weighted by Gasteiger charge is -2.07. The van der Waals surface area contributed by atoms with Crippen LogP contribution in [0.5, 0.6) is 0 Å². The van der Waals surface area contributed by atoms with Crippen LogP contribution in [0, 0.1) is 6.92 Å². The molecule has 0 aliphatic rings. The van der Waals surface area contributed by atoms with Crippen molar-refractivity contribution in [1.82, 2.24) is 0 Å². The van der Waals surface area contributed by atoms with E-state index in [1.807, 2.05) is 11.3 Å². The molecule has 0 aliphatic heterocycles. The predicted molar refractivity (Wildman–Crippen MR) is 76.4 cm³/mol. The molecule has 0 bridgehead atoms. The Bertz CT molecular complexity index is 499. The lowest BCUT2D eigenvalue weighted by atomic mass is 10.0. The van der Waals surface area contributed by atoms with E-state index in [2.05, 4.69) is 44.2 Å². The molecular formula is C15H19NS. The first-order valence-corrected chi connectivity index (χ1v) is 6.95. The van der Waals surface area contributed by atoms with Crippen molar-refractivity contribution in [3.8, 4) is 10.4 Å². The molecule has 0 aliphatic carbocycles. The fourth-order valence-corrected chi connectivity index (χ4v) is 3.26. The van der Waals surface area contributed by atoms with Crippen LogP contribution in [0.4, 0.5) is 0 Å². The maximum Gasteiger partial charge on any atom is 0.0378 e. The highest BCUT2D eigenvalue weighted by molar-refractivity contribution is 7.15. The average molecular weight is 245 g/mol. The summed E-state index contributed by atoms with van der Waals surface area (Å²) in [5.74, 6) is 0. The first-order chi connectivity index (χ1) is 8.26. The maximum absolute atomic E-state index is 5.72. The molecule has 0 amide bonds. The topological polar surface area (TPSA) is 26.0 Å². The van der Waals surface area contributed by atoms with Crippen LogP contribution in [-0.2, 0) is 13.0 Å². The van der Waals surface area contributed by atoms with Gasteiger partial charge in [0, 0.05) is 16.3 Å². The Morgan fingerprint density at radius 1 is 1.24 bits per heavy atom. The van der Waals surface area contributed by atoms with Crippen LogP contribution < -0.4 is 5.73 Å². The summed E-state index contributed by atoms with van der Waals surface area (Å²) in [6.07, 6.45) is 2.33. The zero-order valence-electron chi connectivity index (χ0n) is 10.5. The molecule has 0 atom stereocenters. The summed E-state index contributed by atoms with van der Waals surface area (Å²) < 4.78 is 0. The van der Waals surface area contributed by atoms with Gasteiger partial charge in [-0.1, -0.05) is 37.6 Å². The molecule has 0 unspecified atom stereocenters. The minimum Gasteiger partial charge on any atom is -0.326 e. The van der Waals surface area contributed by atoms with Gasteiger partial charge in [-0.25, -0.2) is 0 Å². The van der Waals surface area contributed by atoms with Crippen molar-refractivity contribution in [3.63, 3.8) is 0 Å². The van der Waals surface area contributed by atoms with Crippen molar-refractivity contribution in [2.75, 3.05) is 0 Å². The highest BCUT2D eigenvalue weighted by Gasteiger charge is 2.10. The van der Waals surface area contributed by atoms with Crippen LogP contribution in [0.1, 0.15) is 29.3 Å².